The molecule has 1 saturated heterocycles. The van der Waals surface area contributed by atoms with Crippen molar-refractivity contribution in [3.8, 4) is 11.5 Å². The van der Waals surface area contributed by atoms with E-state index in [2.05, 4.69) is 0 Å². The predicted octanol–water partition coefficient (Wildman–Crippen LogP) is 2.65. The lowest BCUT2D eigenvalue weighted by atomic mass is 10.1. The highest BCUT2D eigenvalue weighted by molar-refractivity contribution is 7.43. The van der Waals surface area contributed by atoms with Gasteiger partial charge in [-0.25, -0.2) is 13.9 Å². The number of carboxylic acids is 1. The first kappa shape index (κ1) is 21.6. The number of carboxylic acid groups (broad SMARTS) is 1. The Labute approximate surface area is 189 Å². The smallest absolute Gasteiger partial charge is 0.341 e. The number of aromatic carboxylic acids is 1. The number of piperazine rings is 1. The van der Waals surface area contributed by atoms with Gasteiger partial charge in [-0.05, 0) is 18.2 Å². The van der Waals surface area contributed by atoms with Crippen molar-refractivity contribution < 1.29 is 28.4 Å². The van der Waals surface area contributed by atoms with Crippen molar-refractivity contribution >= 4 is 31.1 Å². The Bertz CT molecular complexity index is 1280. The molecule has 0 bridgehead atoms. The van der Waals surface area contributed by atoms with Gasteiger partial charge < -0.3 is 28.7 Å². The van der Waals surface area contributed by atoms with Gasteiger partial charge in [-0.15, -0.1) is 0 Å². The molecule has 0 amide bonds. The molecule has 2 aliphatic heterocycles. The van der Waals surface area contributed by atoms with Crippen LogP contribution < -0.4 is 19.6 Å². The zero-order chi connectivity index (χ0) is 23.1. The zero-order valence-electron chi connectivity index (χ0n) is 17.5. The molecule has 33 heavy (non-hydrogen) atoms. The van der Waals surface area contributed by atoms with E-state index in [1.807, 2.05) is 23.1 Å². The van der Waals surface area contributed by atoms with Crippen LogP contribution >= 0.6 is 8.53 Å². The topological polar surface area (TPSA) is 104 Å². The number of anilines is 1. The van der Waals surface area contributed by atoms with E-state index in [1.165, 1.54) is 6.20 Å². The molecule has 9 nitrogen and oxygen atoms in total. The summed E-state index contributed by atoms with van der Waals surface area (Å²) < 4.78 is 30.1. The molecule has 0 spiro atoms. The van der Waals surface area contributed by atoms with E-state index in [9.17, 15) is 19.6 Å². The lowest BCUT2D eigenvalue weighted by Crippen LogP contribution is -2.45. The first-order valence-electron chi connectivity index (χ1n) is 10.4. The second kappa shape index (κ2) is 8.62. The van der Waals surface area contributed by atoms with Crippen molar-refractivity contribution in [1.82, 2.24) is 9.24 Å². The monoisotopic (exact) mass is 473 g/mol. The van der Waals surface area contributed by atoms with E-state index < -0.39 is 31.3 Å². The van der Waals surface area contributed by atoms with Crippen LogP contribution in [0.15, 0.2) is 47.4 Å². The number of rotatable bonds is 5. The highest BCUT2D eigenvalue weighted by atomic mass is 31.2. The first-order chi connectivity index (χ1) is 15.9. The fraction of sp³-hybridized carbons (Fsp3) is 0.273. The lowest BCUT2D eigenvalue weighted by molar-refractivity contribution is 0.0694. The second-order valence-corrected chi connectivity index (χ2v) is 9.00. The predicted molar refractivity (Wildman–Crippen MR) is 121 cm³/mol. The number of hydrogen-bond donors (Lipinski definition) is 2. The fourth-order valence-electron chi connectivity index (χ4n) is 4.22. The summed E-state index contributed by atoms with van der Waals surface area (Å²) in [4.78, 5) is 36.4. The molecule has 0 saturated carbocycles. The number of hydrogen-bond acceptors (Lipinski definition) is 7. The van der Waals surface area contributed by atoms with Gasteiger partial charge in [0.1, 0.15) is 23.6 Å². The molecule has 1 fully saturated rings. The highest BCUT2D eigenvalue weighted by Crippen LogP contribution is 2.43. The molecule has 3 aromatic rings. The maximum Gasteiger partial charge on any atom is 0.341 e. The van der Waals surface area contributed by atoms with Crippen LogP contribution in [-0.4, -0.2) is 58.0 Å². The number of benzene rings is 2. The minimum atomic E-state index is -1.84. The molecule has 2 N–H and O–H groups in total. The Morgan fingerprint density at radius 1 is 1.12 bits per heavy atom. The van der Waals surface area contributed by atoms with Crippen molar-refractivity contribution in [2.45, 2.75) is 6.54 Å². The van der Waals surface area contributed by atoms with Gasteiger partial charge in [0.05, 0.1) is 17.4 Å². The van der Waals surface area contributed by atoms with Crippen LogP contribution in [0.1, 0.15) is 10.4 Å². The van der Waals surface area contributed by atoms with Crippen LogP contribution in [0.25, 0.3) is 10.9 Å². The van der Waals surface area contributed by atoms with E-state index in [0.717, 1.165) is 6.07 Å². The average molecular weight is 473 g/mol. The molecule has 0 aliphatic carbocycles. The van der Waals surface area contributed by atoms with Crippen LogP contribution in [0.3, 0.4) is 0 Å². The summed E-state index contributed by atoms with van der Waals surface area (Å²) in [5.41, 5.74) is -0.498. The van der Waals surface area contributed by atoms with Crippen molar-refractivity contribution in [3.63, 3.8) is 0 Å². The number of ether oxygens (including phenoxy) is 1. The lowest BCUT2D eigenvalue weighted by Gasteiger charge is -2.38. The number of nitrogens with zero attached hydrogens (tertiary/aromatic N) is 3. The van der Waals surface area contributed by atoms with E-state index in [1.54, 1.807) is 21.4 Å². The van der Waals surface area contributed by atoms with Gasteiger partial charge in [0.15, 0.2) is 11.6 Å². The minimum Gasteiger partial charge on any atom is -0.487 e. The zero-order valence-corrected chi connectivity index (χ0v) is 18.4. The van der Waals surface area contributed by atoms with Gasteiger partial charge in [0.25, 0.3) is 0 Å². The summed E-state index contributed by atoms with van der Waals surface area (Å²) in [6.45, 7) is 2.29. The number of carbonyl (C=O) groups is 1. The van der Waals surface area contributed by atoms with Crippen LogP contribution in [0.4, 0.5) is 10.1 Å². The standard InChI is InChI=1S/C22H21FN3O6P/c23-17-12-15-18-21(31-11-10-25(18)13-16(20(15)27)22(28)29)19(17)24-6-8-26(9-7-24)33(30)32-14-4-2-1-3-5-14/h1-5,12-13,30H,6-11H2,(H,28,29). The molecule has 11 heteroatoms. The molecule has 2 aliphatic rings. The van der Waals surface area contributed by atoms with E-state index in [0.29, 0.717) is 44.0 Å². The number of para-hydroxylation sites is 1. The average Bonchev–Trinajstić information content (AvgIpc) is 2.82. The van der Waals surface area contributed by atoms with Gasteiger partial charge in [0, 0.05) is 32.4 Å². The fourth-order valence-corrected chi connectivity index (χ4v) is 5.17. The third kappa shape index (κ3) is 3.90. The van der Waals surface area contributed by atoms with Crippen LogP contribution in [0.5, 0.6) is 11.5 Å². The van der Waals surface area contributed by atoms with Crippen molar-refractivity contribution in [2.75, 3.05) is 37.7 Å². The summed E-state index contributed by atoms with van der Waals surface area (Å²) in [7, 11) is -1.84. The summed E-state index contributed by atoms with van der Waals surface area (Å²) >= 11 is 0. The Balaban J connectivity index is 1.43. The van der Waals surface area contributed by atoms with Crippen LogP contribution in [-0.2, 0) is 6.54 Å². The number of pyridine rings is 1. The maximum absolute atomic E-state index is 15.3. The van der Waals surface area contributed by atoms with Crippen LogP contribution in [0.2, 0.25) is 0 Å². The summed E-state index contributed by atoms with van der Waals surface area (Å²) in [6.07, 6.45) is 1.29. The van der Waals surface area contributed by atoms with E-state index >= 15 is 4.39 Å². The minimum absolute atomic E-state index is 0.0142. The number of aromatic nitrogens is 1. The Morgan fingerprint density at radius 3 is 2.55 bits per heavy atom. The van der Waals surface area contributed by atoms with Gasteiger partial charge in [-0.2, -0.15) is 0 Å². The van der Waals surface area contributed by atoms with Gasteiger partial charge >= 0.3 is 14.5 Å². The van der Waals surface area contributed by atoms with Crippen molar-refractivity contribution in [3.05, 3.63) is 64.2 Å². The molecular weight excluding hydrogens is 452 g/mol. The SMILES string of the molecule is O=C(O)c1cn2c3c(c(N4CCN(P(O)Oc5ccccc5)CC4)c(F)cc3c1=O)OCC2. The Hall–Kier alpha value is -3.20. The van der Waals surface area contributed by atoms with Gasteiger partial charge in [-0.1, -0.05) is 18.2 Å². The third-order valence-electron chi connectivity index (χ3n) is 5.80. The summed E-state index contributed by atoms with van der Waals surface area (Å²) in [5, 5.41) is 9.33. The maximum atomic E-state index is 15.3. The largest absolute Gasteiger partial charge is 0.487 e. The summed E-state index contributed by atoms with van der Waals surface area (Å²) in [5.74, 6) is -1.18. The summed E-state index contributed by atoms with van der Waals surface area (Å²) in [6, 6.07) is 10.1. The van der Waals surface area contributed by atoms with E-state index in [4.69, 9.17) is 9.26 Å². The van der Waals surface area contributed by atoms with Gasteiger partial charge in [0.2, 0.25) is 5.43 Å². The normalized spacial score (nSPS) is 17.0. The molecule has 2 aromatic carbocycles. The molecular formula is C22H21FN3O6P. The third-order valence-corrected chi connectivity index (χ3v) is 7.06. The molecule has 3 heterocycles. The molecule has 1 aromatic heterocycles. The van der Waals surface area contributed by atoms with Crippen LogP contribution in [0, 0.1) is 5.82 Å². The Morgan fingerprint density at radius 2 is 1.85 bits per heavy atom. The quantitative estimate of drug-likeness (QED) is 0.545. The van der Waals surface area contributed by atoms with Crippen molar-refractivity contribution in [1.29, 1.82) is 0 Å². The first-order valence-corrected chi connectivity index (χ1v) is 11.6. The molecule has 1 unspecified atom stereocenters. The second-order valence-electron chi connectivity index (χ2n) is 7.75. The molecule has 5 rings (SSSR count). The highest BCUT2D eigenvalue weighted by Gasteiger charge is 2.31. The molecule has 172 valence electrons. The Kier molecular flexibility index (Phi) is 5.65. The molecule has 1 atom stereocenters. The molecule has 0 radical (unpaired) electrons. The number of halogens is 1. The van der Waals surface area contributed by atoms with Gasteiger partial charge in [-0.3, -0.25) is 4.79 Å². The van der Waals surface area contributed by atoms with Crippen molar-refractivity contribution in [2.24, 2.45) is 0 Å². The van der Waals surface area contributed by atoms with E-state index in [-0.39, 0.29) is 23.4 Å².